The first-order chi connectivity index (χ1) is 24.3. The Labute approximate surface area is 280 Å². The van der Waals surface area contributed by atoms with Crippen LogP contribution in [0.5, 0.6) is 0 Å². The summed E-state index contributed by atoms with van der Waals surface area (Å²) in [4.78, 5) is 0. The Hall–Kier alpha value is -6.58. The van der Waals surface area contributed by atoms with Crippen molar-refractivity contribution < 1.29 is 8.83 Å². The molecule has 11 rings (SSSR count). The lowest BCUT2D eigenvalue weighted by Gasteiger charge is -2.18. The van der Waals surface area contributed by atoms with Crippen LogP contribution < -0.4 is 0 Å². The third kappa shape index (κ3) is 3.73. The Morgan fingerprint density at radius 2 is 0.939 bits per heavy atom. The van der Waals surface area contributed by atoms with Crippen molar-refractivity contribution in [1.29, 1.82) is 0 Å². The zero-order valence-corrected chi connectivity index (χ0v) is 26.4. The van der Waals surface area contributed by atoms with Gasteiger partial charge in [0.05, 0.1) is 17.3 Å². The maximum absolute atomic E-state index is 6.48. The van der Waals surface area contributed by atoms with Gasteiger partial charge in [-0.05, 0) is 104 Å². The molecule has 0 aliphatic carbocycles. The maximum atomic E-state index is 6.48. The summed E-state index contributed by atoms with van der Waals surface area (Å²) in [6, 6.07) is 56.7. The van der Waals surface area contributed by atoms with Crippen LogP contribution in [0.1, 0.15) is 0 Å². The first-order valence-electron chi connectivity index (χ1n) is 16.7. The fourth-order valence-electron chi connectivity index (χ4n) is 8.21. The Morgan fingerprint density at radius 1 is 0.367 bits per heavy atom. The van der Waals surface area contributed by atoms with Gasteiger partial charge in [-0.2, -0.15) is 0 Å². The number of fused-ring (bicyclic) bond motifs is 10. The average molecular weight is 626 g/mol. The van der Waals surface area contributed by atoms with Crippen LogP contribution in [-0.4, -0.2) is 4.57 Å². The zero-order chi connectivity index (χ0) is 32.1. The second-order valence-electron chi connectivity index (χ2n) is 12.8. The van der Waals surface area contributed by atoms with E-state index in [0.717, 1.165) is 44.2 Å². The molecule has 0 saturated carbocycles. The fourth-order valence-corrected chi connectivity index (χ4v) is 8.21. The molecule has 8 aromatic carbocycles. The molecule has 0 saturated heterocycles. The van der Waals surface area contributed by atoms with E-state index in [0.29, 0.717) is 0 Å². The predicted molar refractivity (Wildman–Crippen MR) is 204 cm³/mol. The van der Waals surface area contributed by atoms with E-state index in [1.807, 2.05) is 18.2 Å². The van der Waals surface area contributed by atoms with E-state index in [9.17, 15) is 0 Å². The first-order valence-corrected chi connectivity index (χ1v) is 16.7. The van der Waals surface area contributed by atoms with E-state index < -0.39 is 0 Å². The molecular weight excluding hydrogens is 599 g/mol. The van der Waals surface area contributed by atoms with Crippen LogP contribution in [0.2, 0.25) is 0 Å². The normalized spacial score (nSPS) is 12.1. The van der Waals surface area contributed by atoms with Crippen molar-refractivity contribution in [2.24, 2.45) is 0 Å². The van der Waals surface area contributed by atoms with Crippen LogP contribution in [0.15, 0.2) is 173 Å². The summed E-state index contributed by atoms with van der Waals surface area (Å²) in [7, 11) is 0. The Bertz CT molecular complexity index is 3050. The number of benzene rings is 8. The summed E-state index contributed by atoms with van der Waals surface area (Å²) in [5, 5.41) is 10.7. The van der Waals surface area contributed by atoms with Crippen molar-refractivity contribution in [3.8, 4) is 27.9 Å². The van der Waals surface area contributed by atoms with Crippen molar-refractivity contribution >= 4 is 76.3 Å². The van der Waals surface area contributed by atoms with Crippen molar-refractivity contribution in [3.05, 3.63) is 164 Å². The molecule has 3 heteroatoms. The van der Waals surface area contributed by atoms with Gasteiger partial charge in [0.2, 0.25) is 0 Å². The Balaban J connectivity index is 1.18. The van der Waals surface area contributed by atoms with Gasteiger partial charge in [-0.25, -0.2) is 0 Å². The number of rotatable bonds is 3. The number of aromatic nitrogens is 1. The molecular formula is C46H27NO2. The molecule has 3 heterocycles. The largest absolute Gasteiger partial charge is 0.464 e. The van der Waals surface area contributed by atoms with Crippen LogP contribution in [-0.2, 0) is 0 Å². The lowest BCUT2D eigenvalue weighted by atomic mass is 9.85. The molecule has 0 amide bonds. The van der Waals surface area contributed by atoms with Gasteiger partial charge in [-0.3, -0.25) is 0 Å². The molecule has 0 aliphatic rings. The summed E-state index contributed by atoms with van der Waals surface area (Å²) in [5.41, 5.74) is 11.0. The lowest BCUT2D eigenvalue weighted by Crippen LogP contribution is -1.93. The second kappa shape index (κ2) is 9.96. The zero-order valence-electron chi connectivity index (χ0n) is 26.4. The topological polar surface area (TPSA) is 31.2 Å². The number of hydrogen-bond donors (Lipinski definition) is 0. The molecule has 11 aromatic rings. The van der Waals surface area contributed by atoms with Gasteiger partial charge in [0, 0.05) is 32.6 Å². The van der Waals surface area contributed by atoms with Crippen molar-refractivity contribution in [2.75, 3.05) is 0 Å². The molecule has 0 unspecified atom stereocenters. The highest BCUT2D eigenvalue weighted by molar-refractivity contribution is 6.24. The summed E-state index contributed by atoms with van der Waals surface area (Å²) in [6.07, 6.45) is 1.75. The number of para-hydroxylation sites is 2. The van der Waals surface area contributed by atoms with E-state index >= 15 is 0 Å². The minimum Gasteiger partial charge on any atom is -0.464 e. The van der Waals surface area contributed by atoms with E-state index in [-0.39, 0.29) is 0 Å². The predicted octanol–water partition coefficient (Wildman–Crippen LogP) is 13.1. The standard InChI is InChI=1S/C46H27NO2/c1-2-10-30(11-3-1)47-39-17-9-8-12-31(39)38-26-28(19-21-40(38)47)44-32-13-4-6-15-34(32)45(35-16-7-5-14-33(35)44)29-18-20-36-43(27-29)49-42-23-22-41-37(46(36)42)24-25-48-41/h1-27H. The molecule has 3 aromatic heterocycles. The van der Waals surface area contributed by atoms with E-state index in [4.69, 9.17) is 8.83 Å². The summed E-state index contributed by atoms with van der Waals surface area (Å²) < 4.78 is 14.6. The molecule has 49 heavy (non-hydrogen) atoms. The molecule has 0 aliphatic heterocycles. The molecule has 0 N–H and O–H groups in total. The van der Waals surface area contributed by atoms with Gasteiger partial charge in [-0.15, -0.1) is 0 Å². The summed E-state index contributed by atoms with van der Waals surface area (Å²) in [6.45, 7) is 0. The van der Waals surface area contributed by atoms with Gasteiger partial charge in [0.1, 0.15) is 16.7 Å². The quantitative estimate of drug-likeness (QED) is 0.183. The van der Waals surface area contributed by atoms with Crippen LogP contribution >= 0.6 is 0 Å². The van der Waals surface area contributed by atoms with Crippen LogP contribution in [0.25, 0.3) is 104 Å². The Kier molecular flexibility index (Phi) is 5.38. The van der Waals surface area contributed by atoms with Crippen LogP contribution in [0, 0.1) is 0 Å². The van der Waals surface area contributed by atoms with Gasteiger partial charge in [0.25, 0.3) is 0 Å². The number of nitrogens with zero attached hydrogens (tertiary/aromatic N) is 1. The van der Waals surface area contributed by atoms with Crippen molar-refractivity contribution in [3.63, 3.8) is 0 Å². The molecule has 0 radical (unpaired) electrons. The van der Waals surface area contributed by atoms with E-state index in [1.165, 1.54) is 60.0 Å². The summed E-state index contributed by atoms with van der Waals surface area (Å²) >= 11 is 0. The third-order valence-corrected chi connectivity index (χ3v) is 10.3. The van der Waals surface area contributed by atoms with Crippen molar-refractivity contribution in [2.45, 2.75) is 0 Å². The molecule has 3 nitrogen and oxygen atoms in total. The lowest BCUT2D eigenvalue weighted by molar-refractivity contribution is 0.615. The maximum Gasteiger partial charge on any atom is 0.136 e. The molecule has 0 atom stereocenters. The summed E-state index contributed by atoms with van der Waals surface area (Å²) in [5.74, 6) is 0. The van der Waals surface area contributed by atoms with Crippen LogP contribution in [0.4, 0.5) is 0 Å². The second-order valence-corrected chi connectivity index (χ2v) is 12.8. The van der Waals surface area contributed by atoms with Crippen LogP contribution in [0.3, 0.4) is 0 Å². The Morgan fingerprint density at radius 3 is 1.67 bits per heavy atom. The molecule has 0 spiro atoms. The molecule has 0 bridgehead atoms. The highest BCUT2D eigenvalue weighted by Gasteiger charge is 2.20. The minimum atomic E-state index is 0.870. The van der Waals surface area contributed by atoms with Gasteiger partial charge in [0.15, 0.2) is 0 Å². The fraction of sp³-hybridized carbons (Fsp3) is 0. The highest BCUT2D eigenvalue weighted by atomic mass is 16.3. The molecule has 0 fully saturated rings. The van der Waals surface area contributed by atoms with Gasteiger partial charge < -0.3 is 13.4 Å². The first kappa shape index (κ1) is 26.5. The SMILES string of the molecule is c1ccc(-n2c3ccccc3c3cc(-c4c5ccccc5c(-c5ccc6c(c5)oc5ccc7occc7c56)c5ccccc45)ccc32)cc1. The number of hydrogen-bond acceptors (Lipinski definition) is 2. The van der Waals surface area contributed by atoms with Gasteiger partial charge in [-0.1, -0.05) is 97.1 Å². The average Bonchev–Trinajstić information content (AvgIpc) is 3.87. The van der Waals surface area contributed by atoms with E-state index in [1.54, 1.807) is 6.26 Å². The number of furan rings is 2. The molecule has 228 valence electrons. The highest BCUT2D eigenvalue weighted by Crippen LogP contribution is 2.46. The van der Waals surface area contributed by atoms with Gasteiger partial charge >= 0.3 is 0 Å². The third-order valence-electron chi connectivity index (χ3n) is 10.3. The monoisotopic (exact) mass is 625 g/mol. The smallest absolute Gasteiger partial charge is 0.136 e. The minimum absolute atomic E-state index is 0.870. The van der Waals surface area contributed by atoms with E-state index in [2.05, 4.69) is 144 Å². The van der Waals surface area contributed by atoms with Crippen molar-refractivity contribution in [1.82, 2.24) is 4.57 Å².